The molecule has 1 N–H and O–H groups in total. The van der Waals surface area contributed by atoms with E-state index in [0.717, 1.165) is 18.8 Å². The molecule has 1 fully saturated rings. The third-order valence-electron chi connectivity index (χ3n) is 1.93. The van der Waals surface area contributed by atoms with Gasteiger partial charge in [-0.05, 0) is 18.8 Å². The average Bonchev–Trinajstić information content (AvgIpc) is 1.77. The van der Waals surface area contributed by atoms with Crippen molar-refractivity contribution in [2.45, 2.75) is 32.2 Å². The standard InChI is InChI=1S/C7H13F2N.H2/c1-5-2-6(3-5)10-4-7(8)9;/h5-7,10H,2-4H2,1H3;1H. The Balaban J connectivity index is 0.000001000. The van der Waals surface area contributed by atoms with Gasteiger partial charge in [0.1, 0.15) is 0 Å². The molecule has 0 radical (unpaired) electrons. The Kier molecular flexibility index (Phi) is 2.60. The molecule has 3 heteroatoms. The summed E-state index contributed by atoms with van der Waals surface area (Å²) in [6, 6.07) is 0.365. The summed E-state index contributed by atoms with van der Waals surface area (Å²) in [5.74, 6) is 0.732. The van der Waals surface area contributed by atoms with Crippen molar-refractivity contribution >= 4 is 0 Å². The zero-order valence-electron chi connectivity index (χ0n) is 6.11. The first-order valence-corrected chi connectivity index (χ1v) is 3.70. The highest BCUT2D eigenvalue weighted by Gasteiger charge is 2.24. The van der Waals surface area contributed by atoms with Crippen molar-refractivity contribution in [2.75, 3.05) is 6.54 Å². The Morgan fingerprint density at radius 1 is 1.60 bits per heavy atom. The molecule has 10 heavy (non-hydrogen) atoms. The van der Waals surface area contributed by atoms with E-state index in [1.165, 1.54) is 0 Å². The fourth-order valence-electron chi connectivity index (χ4n) is 1.32. The maximum absolute atomic E-state index is 11.6. The fourth-order valence-corrected chi connectivity index (χ4v) is 1.32. The Bertz CT molecular complexity index is 105. The first-order valence-electron chi connectivity index (χ1n) is 3.70. The summed E-state index contributed by atoms with van der Waals surface area (Å²) in [7, 11) is 0. The van der Waals surface area contributed by atoms with Gasteiger partial charge in [-0.15, -0.1) is 0 Å². The largest absolute Gasteiger partial charge is 0.309 e. The van der Waals surface area contributed by atoms with Crippen LogP contribution in [0.3, 0.4) is 0 Å². The molecular formula is C7H15F2N. The molecule has 1 rings (SSSR count). The van der Waals surface area contributed by atoms with Crippen LogP contribution in [0.4, 0.5) is 8.78 Å². The third kappa shape index (κ3) is 2.21. The van der Waals surface area contributed by atoms with Crippen molar-refractivity contribution in [1.29, 1.82) is 0 Å². The molecule has 0 bridgehead atoms. The zero-order chi connectivity index (χ0) is 7.56. The molecule has 1 nitrogen and oxygen atoms in total. The van der Waals surface area contributed by atoms with Crippen molar-refractivity contribution in [3.05, 3.63) is 0 Å². The number of rotatable bonds is 3. The Hall–Kier alpha value is -0.180. The average molecular weight is 151 g/mol. The van der Waals surface area contributed by atoms with E-state index < -0.39 is 6.43 Å². The maximum atomic E-state index is 11.6. The second-order valence-electron chi connectivity index (χ2n) is 3.07. The molecule has 0 unspecified atom stereocenters. The second-order valence-corrected chi connectivity index (χ2v) is 3.07. The van der Waals surface area contributed by atoms with E-state index in [0.29, 0.717) is 6.04 Å². The summed E-state index contributed by atoms with van der Waals surface area (Å²) in [4.78, 5) is 0. The van der Waals surface area contributed by atoms with Crippen molar-refractivity contribution < 1.29 is 10.2 Å². The summed E-state index contributed by atoms with van der Waals surface area (Å²) in [5, 5.41) is 2.80. The summed E-state index contributed by atoms with van der Waals surface area (Å²) in [5.41, 5.74) is 0. The summed E-state index contributed by atoms with van der Waals surface area (Å²) in [6.45, 7) is 2.00. The van der Waals surface area contributed by atoms with Gasteiger partial charge in [-0.25, -0.2) is 8.78 Å². The lowest BCUT2D eigenvalue weighted by Crippen LogP contribution is -2.42. The van der Waals surface area contributed by atoms with Crippen LogP contribution in [0.15, 0.2) is 0 Å². The molecule has 0 aromatic carbocycles. The number of hydrogen-bond acceptors (Lipinski definition) is 1. The van der Waals surface area contributed by atoms with Gasteiger partial charge >= 0.3 is 0 Å². The van der Waals surface area contributed by atoms with Crippen molar-refractivity contribution in [3.63, 3.8) is 0 Å². The van der Waals surface area contributed by atoms with E-state index >= 15 is 0 Å². The molecule has 0 heterocycles. The third-order valence-corrected chi connectivity index (χ3v) is 1.93. The molecule has 0 aliphatic heterocycles. The molecule has 0 spiro atoms. The minimum Gasteiger partial charge on any atom is -0.309 e. The van der Waals surface area contributed by atoms with E-state index in [-0.39, 0.29) is 7.97 Å². The van der Waals surface area contributed by atoms with E-state index in [9.17, 15) is 8.78 Å². The van der Waals surface area contributed by atoms with Gasteiger partial charge in [-0.2, -0.15) is 0 Å². The molecule has 0 aromatic heterocycles. The number of nitrogens with one attached hydrogen (secondary N) is 1. The number of alkyl halides is 2. The molecular weight excluding hydrogens is 136 g/mol. The Morgan fingerprint density at radius 3 is 2.60 bits per heavy atom. The highest BCUT2D eigenvalue weighted by atomic mass is 19.3. The SMILES string of the molecule is CC1CC(NCC(F)F)C1.[HH]. The first kappa shape index (κ1) is 7.92. The van der Waals surface area contributed by atoms with Gasteiger partial charge in [0.2, 0.25) is 0 Å². The van der Waals surface area contributed by atoms with E-state index in [2.05, 4.69) is 12.2 Å². The molecule has 0 atom stereocenters. The van der Waals surface area contributed by atoms with Gasteiger partial charge in [0.25, 0.3) is 6.43 Å². The highest BCUT2D eigenvalue weighted by Crippen LogP contribution is 2.26. The smallest absolute Gasteiger partial charge is 0.250 e. The van der Waals surface area contributed by atoms with Crippen molar-refractivity contribution in [1.82, 2.24) is 5.32 Å². The van der Waals surface area contributed by atoms with Gasteiger partial charge in [0, 0.05) is 7.47 Å². The normalized spacial score (nSPS) is 32.4. The summed E-state index contributed by atoms with van der Waals surface area (Å²) < 4.78 is 23.2. The second kappa shape index (κ2) is 3.28. The lowest BCUT2D eigenvalue weighted by molar-refractivity contribution is 0.125. The monoisotopic (exact) mass is 151 g/mol. The fraction of sp³-hybridized carbons (Fsp3) is 1.00. The molecule has 1 saturated carbocycles. The molecule has 0 amide bonds. The van der Waals surface area contributed by atoms with Crippen LogP contribution < -0.4 is 5.32 Å². The van der Waals surface area contributed by atoms with Crippen molar-refractivity contribution in [3.8, 4) is 0 Å². The maximum Gasteiger partial charge on any atom is 0.250 e. The van der Waals surface area contributed by atoms with E-state index in [1.807, 2.05) is 0 Å². The van der Waals surface area contributed by atoms with Gasteiger partial charge in [-0.1, -0.05) is 6.92 Å². The topological polar surface area (TPSA) is 12.0 Å². The molecule has 0 saturated heterocycles. The molecule has 62 valence electrons. The van der Waals surface area contributed by atoms with Crippen LogP contribution in [0.25, 0.3) is 0 Å². The summed E-state index contributed by atoms with van der Waals surface area (Å²) in [6.07, 6.45) is -0.0738. The lowest BCUT2D eigenvalue weighted by Gasteiger charge is -2.33. The van der Waals surface area contributed by atoms with Crippen molar-refractivity contribution in [2.24, 2.45) is 5.92 Å². The Labute approximate surface area is 61.3 Å². The number of halogens is 2. The van der Waals surface area contributed by atoms with Crippen LogP contribution in [0, 0.1) is 5.92 Å². The van der Waals surface area contributed by atoms with Gasteiger partial charge < -0.3 is 5.32 Å². The minimum absolute atomic E-state index is 0. The van der Waals surface area contributed by atoms with Crippen LogP contribution in [-0.4, -0.2) is 19.0 Å². The van der Waals surface area contributed by atoms with Crippen LogP contribution in [0.1, 0.15) is 21.2 Å². The van der Waals surface area contributed by atoms with Gasteiger partial charge in [-0.3, -0.25) is 0 Å². The zero-order valence-corrected chi connectivity index (χ0v) is 6.11. The highest BCUT2D eigenvalue weighted by molar-refractivity contribution is 4.82. The quantitative estimate of drug-likeness (QED) is 0.649. The van der Waals surface area contributed by atoms with Crippen LogP contribution >= 0.6 is 0 Å². The van der Waals surface area contributed by atoms with Crippen LogP contribution in [0.2, 0.25) is 0 Å². The van der Waals surface area contributed by atoms with E-state index in [4.69, 9.17) is 0 Å². The Morgan fingerprint density at radius 2 is 2.20 bits per heavy atom. The predicted molar refractivity (Wildman–Crippen MR) is 38.3 cm³/mol. The van der Waals surface area contributed by atoms with E-state index in [1.54, 1.807) is 0 Å². The molecule has 1 aliphatic carbocycles. The van der Waals surface area contributed by atoms with Crippen LogP contribution in [0.5, 0.6) is 0 Å². The first-order chi connectivity index (χ1) is 4.68. The van der Waals surface area contributed by atoms with Gasteiger partial charge in [0.05, 0.1) is 6.54 Å². The minimum atomic E-state index is -2.20. The predicted octanol–water partition coefficient (Wildman–Crippen LogP) is 1.89. The molecule has 0 aromatic rings. The summed E-state index contributed by atoms with van der Waals surface area (Å²) >= 11 is 0. The lowest BCUT2D eigenvalue weighted by atomic mass is 9.82. The van der Waals surface area contributed by atoms with Gasteiger partial charge in [0.15, 0.2) is 0 Å². The van der Waals surface area contributed by atoms with Crippen LogP contribution in [-0.2, 0) is 0 Å². The molecule has 1 aliphatic rings. The number of hydrogen-bond donors (Lipinski definition) is 1.